The molecule has 0 fully saturated rings. The Kier molecular flexibility index (Phi) is 4.50. The van der Waals surface area contributed by atoms with Gasteiger partial charge in [-0.1, -0.05) is 0 Å². The number of nitrogens with zero attached hydrogens (tertiary/aromatic N) is 2. The zero-order chi connectivity index (χ0) is 13.8. The first-order valence-electron chi connectivity index (χ1n) is 6.37. The van der Waals surface area contributed by atoms with E-state index in [1.165, 1.54) is 9.75 Å². The Hall–Kier alpha value is -1.46. The van der Waals surface area contributed by atoms with Gasteiger partial charge in [-0.25, -0.2) is 4.79 Å². The number of thiophene rings is 1. The van der Waals surface area contributed by atoms with E-state index < -0.39 is 0 Å². The van der Waals surface area contributed by atoms with Crippen molar-refractivity contribution >= 4 is 11.3 Å². The molecule has 1 N–H and O–H groups in total. The average molecular weight is 277 g/mol. The van der Waals surface area contributed by atoms with Crippen molar-refractivity contribution in [3.8, 4) is 0 Å². The van der Waals surface area contributed by atoms with Crippen LogP contribution in [0.15, 0.2) is 23.0 Å². The summed E-state index contributed by atoms with van der Waals surface area (Å²) in [4.78, 5) is 18.4. The van der Waals surface area contributed by atoms with Gasteiger partial charge >= 0.3 is 5.69 Å². The Morgan fingerprint density at radius 3 is 2.74 bits per heavy atom. The number of hydrogen-bond acceptors (Lipinski definition) is 4. The molecule has 0 unspecified atom stereocenters. The second-order valence-electron chi connectivity index (χ2n) is 4.66. The second-order valence-corrected chi connectivity index (χ2v) is 6.03. The molecule has 0 aliphatic rings. The summed E-state index contributed by atoms with van der Waals surface area (Å²) < 4.78 is 1.71. The van der Waals surface area contributed by atoms with Crippen LogP contribution >= 0.6 is 11.3 Å². The summed E-state index contributed by atoms with van der Waals surface area (Å²) in [6.07, 6.45) is 0. The third-order valence-electron chi connectivity index (χ3n) is 2.95. The van der Waals surface area contributed by atoms with Crippen molar-refractivity contribution in [2.24, 2.45) is 0 Å². The molecule has 2 aromatic heterocycles. The van der Waals surface area contributed by atoms with Crippen molar-refractivity contribution < 1.29 is 0 Å². The van der Waals surface area contributed by atoms with Crippen LogP contribution < -0.4 is 11.0 Å². The van der Waals surface area contributed by atoms with Crippen LogP contribution in [0.1, 0.15) is 21.1 Å². The fourth-order valence-electron chi connectivity index (χ4n) is 2.03. The molecular formula is C14H19N3OS. The molecular weight excluding hydrogens is 258 g/mol. The number of aromatic nitrogens is 2. The van der Waals surface area contributed by atoms with Gasteiger partial charge < -0.3 is 5.32 Å². The van der Waals surface area contributed by atoms with Crippen LogP contribution in [-0.4, -0.2) is 16.1 Å². The van der Waals surface area contributed by atoms with Gasteiger partial charge in [-0.3, -0.25) is 4.57 Å². The fraction of sp³-hybridized carbons (Fsp3) is 0.429. The highest BCUT2D eigenvalue weighted by Gasteiger charge is 2.02. The van der Waals surface area contributed by atoms with E-state index in [1.54, 1.807) is 15.9 Å². The van der Waals surface area contributed by atoms with Crippen molar-refractivity contribution in [3.05, 3.63) is 49.8 Å². The predicted octanol–water partition coefficient (Wildman–Crippen LogP) is 2.02. The predicted molar refractivity (Wildman–Crippen MR) is 78.7 cm³/mol. The third-order valence-corrected chi connectivity index (χ3v) is 3.95. The molecule has 0 amide bonds. The maximum absolute atomic E-state index is 11.8. The van der Waals surface area contributed by atoms with Gasteiger partial charge in [0, 0.05) is 40.8 Å². The summed E-state index contributed by atoms with van der Waals surface area (Å²) in [6, 6.07) is 6.20. The normalized spacial score (nSPS) is 10.9. The zero-order valence-corrected chi connectivity index (χ0v) is 12.4. The van der Waals surface area contributed by atoms with Gasteiger partial charge in [-0.2, -0.15) is 4.98 Å². The molecule has 0 atom stereocenters. The molecule has 19 heavy (non-hydrogen) atoms. The highest BCUT2D eigenvalue weighted by atomic mass is 32.1. The minimum Gasteiger partial charge on any atom is -0.310 e. The van der Waals surface area contributed by atoms with Crippen LogP contribution in [0, 0.1) is 20.8 Å². The van der Waals surface area contributed by atoms with Gasteiger partial charge in [0.1, 0.15) is 0 Å². The topological polar surface area (TPSA) is 46.9 Å². The van der Waals surface area contributed by atoms with Crippen LogP contribution in [-0.2, 0) is 13.1 Å². The average Bonchev–Trinajstić information content (AvgIpc) is 2.73. The van der Waals surface area contributed by atoms with E-state index in [0.29, 0.717) is 6.54 Å². The molecule has 2 aromatic rings. The molecule has 2 rings (SSSR count). The first-order valence-corrected chi connectivity index (χ1v) is 7.19. The Morgan fingerprint density at radius 1 is 1.32 bits per heavy atom. The number of hydrogen-bond donors (Lipinski definition) is 1. The molecule has 0 spiro atoms. The zero-order valence-electron chi connectivity index (χ0n) is 11.6. The Balaban J connectivity index is 1.88. The van der Waals surface area contributed by atoms with Gasteiger partial charge in [-0.15, -0.1) is 11.3 Å². The van der Waals surface area contributed by atoms with Gasteiger partial charge in [0.05, 0.1) is 0 Å². The van der Waals surface area contributed by atoms with E-state index in [4.69, 9.17) is 0 Å². The molecule has 2 heterocycles. The molecule has 5 heteroatoms. The maximum Gasteiger partial charge on any atom is 0.347 e. The molecule has 0 aliphatic heterocycles. The minimum atomic E-state index is -0.161. The molecule has 102 valence electrons. The van der Waals surface area contributed by atoms with Gasteiger partial charge in [0.25, 0.3) is 0 Å². The summed E-state index contributed by atoms with van der Waals surface area (Å²) >= 11 is 1.80. The van der Waals surface area contributed by atoms with Gasteiger partial charge in [0.2, 0.25) is 0 Å². The van der Waals surface area contributed by atoms with E-state index in [1.807, 2.05) is 19.9 Å². The summed E-state index contributed by atoms with van der Waals surface area (Å²) in [5, 5.41) is 3.36. The smallest absolute Gasteiger partial charge is 0.310 e. The highest BCUT2D eigenvalue weighted by Crippen LogP contribution is 2.14. The summed E-state index contributed by atoms with van der Waals surface area (Å²) in [7, 11) is 0. The first-order chi connectivity index (χ1) is 9.06. The van der Waals surface area contributed by atoms with E-state index in [-0.39, 0.29) is 5.69 Å². The van der Waals surface area contributed by atoms with Crippen molar-refractivity contribution in [1.82, 2.24) is 14.9 Å². The van der Waals surface area contributed by atoms with Crippen LogP contribution in [0.5, 0.6) is 0 Å². The lowest BCUT2D eigenvalue weighted by atomic mass is 10.3. The van der Waals surface area contributed by atoms with Crippen LogP contribution in [0.2, 0.25) is 0 Å². The molecule has 0 bridgehead atoms. The lowest BCUT2D eigenvalue weighted by Gasteiger charge is -2.10. The molecule has 0 saturated heterocycles. The summed E-state index contributed by atoms with van der Waals surface area (Å²) in [6.45, 7) is 8.17. The van der Waals surface area contributed by atoms with E-state index in [2.05, 4.69) is 29.4 Å². The maximum atomic E-state index is 11.8. The van der Waals surface area contributed by atoms with Crippen molar-refractivity contribution in [3.63, 3.8) is 0 Å². The molecule has 0 radical (unpaired) electrons. The SMILES string of the molecule is Cc1cc(C)n(CCNCc2ccc(C)s2)c(=O)n1. The Bertz CT molecular complexity index is 615. The first kappa shape index (κ1) is 14.0. The van der Waals surface area contributed by atoms with Crippen LogP contribution in [0.3, 0.4) is 0 Å². The standard InChI is InChI=1S/C14H19N3OS/c1-10-8-11(2)17(14(18)16-10)7-6-15-9-13-5-4-12(3)19-13/h4-5,8,15H,6-7,9H2,1-3H3. The molecule has 0 aromatic carbocycles. The fourth-order valence-corrected chi connectivity index (χ4v) is 2.89. The summed E-state index contributed by atoms with van der Waals surface area (Å²) in [5.74, 6) is 0. The Labute approximate surface area is 117 Å². The number of nitrogens with one attached hydrogen (secondary N) is 1. The van der Waals surface area contributed by atoms with Gasteiger partial charge in [0.15, 0.2) is 0 Å². The monoisotopic (exact) mass is 277 g/mol. The van der Waals surface area contributed by atoms with Crippen molar-refractivity contribution in [2.45, 2.75) is 33.9 Å². The van der Waals surface area contributed by atoms with Crippen molar-refractivity contribution in [1.29, 1.82) is 0 Å². The van der Waals surface area contributed by atoms with Crippen molar-refractivity contribution in [2.75, 3.05) is 6.54 Å². The summed E-state index contributed by atoms with van der Waals surface area (Å²) in [5.41, 5.74) is 1.58. The van der Waals surface area contributed by atoms with E-state index in [9.17, 15) is 4.79 Å². The van der Waals surface area contributed by atoms with E-state index >= 15 is 0 Å². The minimum absolute atomic E-state index is 0.161. The second kappa shape index (κ2) is 6.12. The van der Waals surface area contributed by atoms with E-state index in [0.717, 1.165) is 24.5 Å². The largest absolute Gasteiger partial charge is 0.347 e. The third kappa shape index (κ3) is 3.75. The Morgan fingerprint density at radius 2 is 2.11 bits per heavy atom. The number of aryl methyl sites for hydroxylation is 3. The van der Waals surface area contributed by atoms with Crippen LogP contribution in [0.25, 0.3) is 0 Å². The molecule has 0 saturated carbocycles. The molecule has 0 aliphatic carbocycles. The number of rotatable bonds is 5. The quantitative estimate of drug-likeness (QED) is 0.851. The van der Waals surface area contributed by atoms with Crippen LogP contribution in [0.4, 0.5) is 0 Å². The highest BCUT2D eigenvalue weighted by molar-refractivity contribution is 7.11. The van der Waals surface area contributed by atoms with Gasteiger partial charge in [-0.05, 0) is 39.0 Å². The lowest BCUT2D eigenvalue weighted by molar-refractivity contribution is 0.565. The molecule has 4 nitrogen and oxygen atoms in total. The lowest BCUT2D eigenvalue weighted by Crippen LogP contribution is -2.30.